The number of para-hydroxylation sites is 1. The lowest BCUT2D eigenvalue weighted by Gasteiger charge is -2.21. The number of aromatic nitrogens is 2. The molecule has 12 rings (SSSR count). The van der Waals surface area contributed by atoms with E-state index in [0.717, 1.165) is 72.3 Å². The van der Waals surface area contributed by atoms with Crippen molar-refractivity contribution in [2.75, 3.05) is 0 Å². The quantitative estimate of drug-likeness (QED) is 0.161. The van der Waals surface area contributed by atoms with Crippen molar-refractivity contribution >= 4 is 21.9 Å². The highest BCUT2D eigenvalue weighted by atomic mass is 16.3. The number of nitrogens with zero attached hydrogens (tertiary/aromatic N) is 2. The molecule has 2 aromatic heterocycles. The van der Waals surface area contributed by atoms with Crippen molar-refractivity contribution < 1.29 is 4.42 Å². The molecule has 0 amide bonds. The monoisotopic (exact) mass is 818 g/mol. The number of benzene rings is 9. The van der Waals surface area contributed by atoms with Gasteiger partial charge in [0.15, 0.2) is 5.82 Å². The molecule has 64 heavy (non-hydrogen) atoms. The van der Waals surface area contributed by atoms with Gasteiger partial charge in [0, 0.05) is 32.9 Å². The van der Waals surface area contributed by atoms with E-state index in [2.05, 4.69) is 202 Å². The molecule has 1 aliphatic carbocycles. The maximum absolute atomic E-state index is 6.24. The van der Waals surface area contributed by atoms with Crippen LogP contribution in [0, 0.1) is 0 Å². The fourth-order valence-corrected chi connectivity index (χ4v) is 9.69. The molecule has 0 saturated heterocycles. The Hall–Kier alpha value is -8.14. The van der Waals surface area contributed by atoms with Gasteiger partial charge >= 0.3 is 0 Å². The van der Waals surface area contributed by atoms with Crippen molar-refractivity contribution in [3.8, 4) is 89.5 Å². The van der Waals surface area contributed by atoms with E-state index in [1.807, 2.05) is 30.3 Å². The molecule has 302 valence electrons. The Balaban J connectivity index is 0.982. The first-order valence-corrected chi connectivity index (χ1v) is 22.0. The molecule has 0 aliphatic heterocycles. The van der Waals surface area contributed by atoms with Crippen molar-refractivity contribution in [3.05, 3.63) is 230 Å². The lowest BCUT2D eigenvalue weighted by Crippen LogP contribution is -2.14. The lowest BCUT2D eigenvalue weighted by molar-refractivity contribution is 0.660. The van der Waals surface area contributed by atoms with Gasteiger partial charge in [-0.15, -0.1) is 0 Å². The van der Waals surface area contributed by atoms with E-state index in [1.54, 1.807) is 0 Å². The van der Waals surface area contributed by atoms with Gasteiger partial charge in [-0.05, 0) is 115 Å². The molecule has 0 radical (unpaired) electrons. The lowest BCUT2D eigenvalue weighted by atomic mass is 9.82. The summed E-state index contributed by atoms with van der Waals surface area (Å²) in [5, 5.41) is 2.21. The second-order valence-electron chi connectivity index (χ2n) is 17.4. The predicted molar refractivity (Wildman–Crippen MR) is 265 cm³/mol. The summed E-state index contributed by atoms with van der Waals surface area (Å²) in [7, 11) is 0. The Morgan fingerprint density at radius 1 is 0.312 bits per heavy atom. The largest absolute Gasteiger partial charge is 0.456 e. The van der Waals surface area contributed by atoms with E-state index in [0.29, 0.717) is 5.82 Å². The van der Waals surface area contributed by atoms with Gasteiger partial charge in [0.25, 0.3) is 0 Å². The van der Waals surface area contributed by atoms with Crippen molar-refractivity contribution in [3.63, 3.8) is 0 Å². The molecule has 11 aromatic rings. The molecule has 0 bridgehead atoms. The van der Waals surface area contributed by atoms with Gasteiger partial charge in [-0.25, -0.2) is 9.97 Å². The molecular weight excluding hydrogens is 777 g/mol. The van der Waals surface area contributed by atoms with Gasteiger partial charge in [-0.1, -0.05) is 184 Å². The van der Waals surface area contributed by atoms with Crippen LogP contribution in [0.25, 0.3) is 111 Å². The predicted octanol–water partition coefficient (Wildman–Crippen LogP) is 16.4. The Bertz CT molecular complexity index is 3550. The summed E-state index contributed by atoms with van der Waals surface area (Å²) in [6.45, 7) is 4.65. The van der Waals surface area contributed by atoms with Gasteiger partial charge in [-0.2, -0.15) is 0 Å². The minimum absolute atomic E-state index is 0.0227. The molecule has 3 heteroatoms. The van der Waals surface area contributed by atoms with Gasteiger partial charge in [-0.3, -0.25) is 0 Å². The van der Waals surface area contributed by atoms with Gasteiger partial charge < -0.3 is 4.42 Å². The summed E-state index contributed by atoms with van der Waals surface area (Å²) in [6, 6.07) is 78.0. The molecule has 0 atom stereocenters. The molecule has 3 nitrogen and oxygen atoms in total. The third-order valence-electron chi connectivity index (χ3n) is 13.1. The molecular formula is C61H42N2O. The Morgan fingerprint density at radius 2 is 0.797 bits per heavy atom. The molecule has 0 spiro atoms. The molecule has 2 heterocycles. The van der Waals surface area contributed by atoms with Gasteiger partial charge in [0.2, 0.25) is 0 Å². The van der Waals surface area contributed by atoms with Crippen LogP contribution in [0.5, 0.6) is 0 Å². The smallest absolute Gasteiger partial charge is 0.160 e. The first-order chi connectivity index (χ1) is 31.4. The molecule has 1 aliphatic rings. The zero-order valence-electron chi connectivity index (χ0n) is 35.6. The average molecular weight is 819 g/mol. The normalized spacial score (nSPS) is 12.7. The summed E-state index contributed by atoms with van der Waals surface area (Å²) in [5.41, 5.74) is 21.1. The Kier molecular flexibility index (Phi) is 8.84. The highest BCUT2D eigenvalue weighted by molar-refractivity contribution is 6.06. The van der Waals surface area contributed by atoms with Crippen molar-refractivity contribution in [2.24, 2.45) is 0 Å². The van der Waals surface area contributed by atoms with Crippen LogP contribution in [-0.2, 0) is 5.41 Å². The number of hydrogen-bond acceptors (Lipinski definition) is 3. The Morgan fingerprint density at radius 3 is 1.55 bits per heavy atom. The number of rotatable bonds is 7. The third-order valence-corrected chi connectivity index (χ3v) is 13.1. The Labute approximate surface area is 373 Å². The van der Waals surface area contributed by atoms with E-state index >= 15 is 0 Å². The van der Waals surface area contributed by atoms with Crippen LogP contribution in [0.3, 0.4) is 0 Å². The highest BCUT2D eigenvalue weighted by Crippen LogP contribution is 2.49. The zero-order chi connectivity index (χ0) is 42.8. The van der Waals surface area contributed by atoms with Crippen LogP contribution in [-0.4, -0.2) is 9.97 Å². The van der Waals surface area contributed by atoms with E-state index < -0.39 is 0 Å². The SMILES string of the molecule is CC1(C)c2ccccc2-c2cc(-c3ccc(-c4cc(-c5cc(-c6ccc(-c7ccccc7)cc6)cc(-c6ccc7oc8ccccc8c7c6)c5)nc(-c5ccccc5)n4)cc3)ccc21. The minimum Gasteiger partial charge on any atom is -0.456 e. The molecule has 0 unspecified atom stereocenters. The van der Waals surface area contributed by atoms with E-state index in [9.17, 15) is 0 Å². The summed E-state index contributed by atoms with van der Waals surface area (Å²) in [5.74, 6) is 0.683. The van der Waals surface area contributed by atoms with Crippen LogP contribution < -0.4 is 0 Å². The van der Waals surface area contributed by atoms with Crippen LogP contribution >= 0.6 is 0 Å². The molecule has 9 aromatic carbocycles. The summed E-state index contributed by atoms with van der Waals surface area (Å²) in [4.78, 5) is 10.5. The first kappa shape index (κ1) is 37.6. The molecule has 0 saturated carbocycles. The second kappa shape index (κ2) is 15.0. The topological polar surface area (TPSA) is 38.9 Å². The fourth-order valence-electron chi connectivity index (χ4n) is 9.69. The summed E-state index contributed by atoms with van der Waals surface area (Å²) < 4.78 is 6.24. The fraction of sp³-hybridized carbons (Fsp3) is 0.0492. The number of furan rings is 1. The minimum atomic E-state index is -0.0227. The van der Waals surface area contributed by atoms with Crippen molar-refractivity contribution in [1.29, 1.82) is 0 Å². The highest BCUT2D eigenvalue weighted by Gasteiger charge is 2.35. The van der Waals surface area contributed by atoms with Crippen molar-refractivity contribution in [2.45, 2.75) is 19.3 Å². The summed E-state index contributed by atoms with van der Waals surface area (Å²) in [6.07, 6.45) is 0. The standard InChI is InChI=1S/C61H42N2O/c1-61(2)54-19-11-9-17-50(54)52-36-45(29-31-55(52)61)41-25-27-43(28-26-41)56-38-57(63-60(62-56)44-15-7-4-8-16-44)49-34-47(42-23-21-40(22-24-42)39-13-5-3-6-14-39)33-48(35-49)46-30-32-59-53(37-46)51-18-10-12-20-58(51)64-59/h3-38H,1-2H3. The average Bonchev–Trinajstić information content (AvgIpc) is 3.85. The van der Waals surface area contributed by atoms with E-state index in [4.69, 9.17) is 14.4 Å². The van der Waals surface area contributed by atoms with Crippen LogP contribution in [0.2, 0.25) is 0 Å². The molecule has 0 N–H and O–H groups in total. The third kappa shape index (κ3) is 6.53. The number of fused-ring (bicyclic) bond motifs is 6. The van der Waals surface area contributed by atoms with Gasteiger partial charge in [0.1, 0.15) is 11.2 Å². The first-order valence-electron chi connectivity index (χ1n) is 22.0. The van der Waals surface area contributed by atoms with Crippen molar-refractivity contribution in [1.82, 2.24) is 9.97 Å². The van der Waals surface area contributed by atoms with E-state index in [-0.39, 0.29) is 5.41 Å². The second-order valence-corrected chi connectivity index (χ2v) is 17.4. The zero-order valence-corrected chi connectivity index (χ0v) is 35.6. The number of hydrogen-bond donors (Lipinski definition) is 0. The maximum Gasteiger partial charge on any atom is 0.160 e. The maximum atomic E-state index is 6.24. The van der Waals surface area contributed by atoms with Crippen LogP contribution in [0.15, 0.2) is 223 Å². The molecule has 0 fully saturated rings. The summed E-state index contributed by atoms with van der Waals surface area (Å²) >= 11 is 0. The van der Waals surface area contributed by atoms with Crippen LogP contribution in [0.1, 0.15) is 25.0 Å². The van der Waals surface area contributed by atoms with Gasteiger partial charge in [0.05, 0.1) is 11.4 Å². The van der Waals surface area contributed by atoms with E-state index in [1.165, 1.54) is 44.5 Å². The van der Waals surface area contributed by atoms with Crippen LogP contribution in [0.4, 0.5) is 0 Å².